The number of nitrogens with zero attached hydrogens (tertiary/aromatic N) is 1. The van der Waals surface area contributed by atoms with Crippen molar-refractivity contribution < 1.29 is 0 Å². The lowest BCUT2D eigenvalue weighted by molar-refractivity contribution is 0.165. The van der Waals surface area contributed by atoms with E-state index in [1.54, 1.807) is 0 Å². The molecule has 0 spiro atoms. The van der Waals surface area contributed by atoms with Crippen molar-refractivity contribution in [2.75, 3.05) is 13.1 Å². The summed E-state index contributed by atoms with van der Waals surface area (Å²) < 4.78 is 0. The third-order valence-electron chi connectivity index (χ3n) is 5.98. The first-order valence-corrected chi connectivity index (χ1v) is 10.7. The summed E-state index contributed by atoms with van der Waals surface area (Å²) in [6.07, 6.45) is 26.7. The van der Waals surface area contributed by atoms with Crippen LogP contribution in [-0.4, -0.2) is 24.0 Å². The molecular formula is C21H41N. The molecule has 0 aromatic carbocycles. The van der Waals surface area contributed by atoms with Gasteiger partial charge in [0.1, 0.15) is 0 Å². The Bertz CT molecular complexity index is 200. The minimum absolute atomic E-state index is 0.916. The van der Waals surface area contributed by atoms with Gasteiger partial charge in [0.05, 0.1) is 0 Å². The van der Waals surface area contributed by atoms with Crippen molar-refractivity contribution in [1.29, 1.82) is 0 Å². The van der Waals surface area contributed by atoms with Gasteiger partial charge < -0.3 is 4.90 Å². The highest BCUT2D eigenvalue weighted by atomic mass is 15.1. The molecule has 0 aromatic heterocycles. The summed E-state index contributed by atoms with van der Waals surface area (Å²) in [6.45, 7) is 2.79. The number of hydrogen-bond acceptors (Lipinski definition) is 1. The molecular weight excluding hydrogens is 266 g/mol. The Morgan fingerprint density at radius 1 is 0.364 bits per heavy atom. The predicted octanol–water partition coefficient (Wildman–Crippen LogP) is 6.71. The normalized spacial score (nSPS) is 26.7. The van der Waals surface area contributed by atoms with Gasteiger partial charge in [0, 0.05) is 6.04 Å². The van der Waals surface area contributed by atoms with Gasteiger partial charge in [-0.1, -0.05) is 89.9 Å². The highest BCUT2D eigenvalue weighted by molar-refractivity contribution is 4.74. The van der Waals surface area contributed by atoms with Crippen molar-refractivity contribution >= 4 is 0 Å². The summed E-state index contributed by atoms with van der Waals surface area (Å²) in [4.78, 5) is 2.92. The van der Waals surface area contributed by atoms with E-state index < -0.39 is 0 Å². The maximum absolute atomic E-state index is 2.92. The standard InChI is InChI=1S/C21H41N/c1-2-6-10-14-18-21(17-13-9-5-1)22-19-15-11-7-3-4-8-12-16-20-22/h21H,1-20H2. The maximum atomic E-state index is 2.92. The Balaban J connectivity index is 1.83. The molecule has 1 saturated carbocycles. The van der Waals surface area contributed by atoms with Crippen molar-refractivity contribution in [1.82, 2.24) is 4.90 Å². The van der Waals surface area contributed by atoms with Crippen LogP contribution in [0, 0.1) is 0 Å². The molecule has 1 heterocycles. The average Bonchev–Trinajstić information content (AvgIpc) is 2.64. The topological polar surface area (TPSA) is 3.24 Å². The summed E-state index contributed by atoms with van der Waals surface area (Å²) in [7, 11) is 0. The quantitative estimate of drug-likeness (QED) is 0.520. The van der Waals surface area contributed by atoms with Gasteiger partial charge in [-0.3, -0.25) is 0 Å². The van der Waals surface area contributed by atoms with Crippen LogP contribution >= 0.6 is 0 Å². The summed E-state index contributed by atoms with van der Waals surface area (Å²) in [6, 6.07) is 0.916. The highest BCUT2D eigenvalue weighted by Crippen LogP contribution is 2.22. The Morgan fingerprint density at radius 2 is 0.682 bits per heavy atom. The molecule has 2 aliphatic rings. The molecule has 0 atom stereocenters. The van der Waals surface area contributed by atoms with Crippen LogP contribution in [0.25, 0.3) is 0 Å². The van der Waals surface area contributed by atoms with Crippen molar-refractivity contribution in [3.63, 3.8) is 0 Å². The van der Waals surface area contributed by atoms with E-state index in [1.807, 2.05) is 0 Å². The van der Waals surface area contributed by atoms with Crippen LogP contribution < -0.4 is 0 Å². The summed E-state index contributed by atoms with van der Waals surface area (Å²) in [5, 5.41) is 0. The van der Waals surface area contributed by atoms with Gasteiger partial charge in [0.15, 0.2) is 0 Å². The van der Waals surface area contributed by atoms with E-state index in [1.165, 1.54) is 129 Å². The summed E-state index contributed by atoms with van der Waals surface area (Å²) >= 11 is 0. The fraction of sp³-hybridized carbons (Fsp3) is 1.00. The van der Waals surface area contributed by atoms with E-state index >= 15 is 0 Å². The second-order valence-corrected chi connectivity index (χ2v) is 7.92. The van der Waals surface area contributed by atoms with Gasteiger partial charge >= 0.3 is 0 Å². The van der Waals surface area contributed by atoms with E-state index in [0.29, 0.717) is 0 Å². The third kappa shape index (κ3) is 7.99. The lowest BCUT2D eigenvalue weighted by Gasteiger charge is -2.32. The molecule has 130 valence electrons. The van der Waals surface area contributed by atoms with Gasteiger partial charge in [0.2, 0.25) is 0 Å². The molecule has 0 N–H and O–H groups in total. The van der Waals surface area contributed by atoms with Crippen LogP contribution in [0.5, 0.6) is 0 Å². The van der Waals surface area contributed by atoms with Crippen LogP contribution in [-0.2, 0) is 0 Å². The van der Waals surface area contributed by atoms with Crippen molar-refractivity contribution in [2.45, 2.75) is 122 Å². The van der Waals surface area contributed by atoms with E-state index in [2.05, 4.69) is 4.90 Å². The van der Waals surface area contributed by atoms with Gasteiger partial charge in [-0.25, -0.2) is 0 Å². The van der Waals surface area contributed by atoms with E-state index in [9.17, 15) is 0 Å². The van der Waals surface area contributed by atoms with E-state index in [4.69, 9.17) is 0 Å². The minimum atomic E-state index is 0.916. The predicted molar refractivity (Wildman–Crippen MR) is 98.5 cm³/mol. The van der Waals surface area contributed by atoms with Crippen LogP contribution in [0.2, 0.25) is 0 Å². The Kier molecular flexibility index (Phi) is 10.3. The van der Waals surface area contributed by atoms with Crippen LogP contribution in [0.4, 0.5) is 0 Å². The molecule has 1 aliphatic carbocycles. The third-order valence-corrected chi connectivity index (χ3v) is 5.98. The largest absolute Gasteiger partial charge is 0.300 e. The molecule has 2 rings (SSSR count). The zero-order valence-corrected chi connectivity index (χ0v) is 15.2. The van der Waals surface area contributed by atoms with Crippen LogP contribution in [0.1, 0.15) is 116 Å². The van der Waals surface area contributed by atoms with Gasteiger partial charge in [0.25, 0.3) is 0 Å². The van der Waals surface area contributed by atoms with Gasteiger partial charge in [-0.2, -0.15) is 0 Å². The molecule has 0 bridgehead atoms. The molecule has 1 saturated heterocycles. The second kappa shape index (κ2) is 12.4. The molecule has 1 nitrogen and oxygen atoms in total. The summed E-state index contributed by atoms with van der Waals surface area (Å²) in [5.41, 5.74) is 0. The zero-order chi connectivity index (χ0) is 15.3. The van der Waals surface area contributed by atoms with Crippen molar-refractivity contribution in [3.8, 4) is 0 Å². The fourth-order valence-electron chi connectivity index (χ4n) is 4.50. The highest BCUT2D eigenvalue weighted by Gasteiger charge is 2.18. The zero-order valence-electron chi connectivity index (χ0n) is 15.2. The monoisotopic (exact) mass is 307 g/mol. The SMILES string of the molecule is C1CCCCCC(N2CCCCCCCCCC2)CCCC1. The first-order valence-electron chi connectivity index (χ1n) is 10.7. The molecule has 1 heteroatoms. The minimum Gasteiger partial charge on any atom is -0.300 e. The smallest absolute Gasteiger partial charge is 0.00952 e. The summed E-state index contributed by atoms with van der Waals surface area (Å²) in [5.74, 6) is 0. The molecule has 0 radical (unpaired) electrons. The Morgan fingerprint density at radius 3 is 1.09 bits per heavy atom. The lowest BCUT2D eigenvalue weighted by atomic mass is 10.00. The van der Waals surface area contributed by atoms with Crippen molar-refractivity contribution in [2.24, 2.45) is 0 Å². The van der Waals surface area contributed by atoms with Crippen molar-refractivity contribution in [3.05, 3.63) is 0 Å². The average molecular weight is 308 g/mol. The maximum Gasteiger partial charge on any atom is 0.00952 e. The van der Waals surface area contributed by atoms with Crippen LogP contribution in [0.15, 0.2) is 0 Å². The second-order valence-electron chi connectivity index (χ2n) is 7.92. The van der Waals surface area contributed by atoms with Gasteiger partial charge in [-0.15, -0.1) is 0 Å². The van der Waals surface area contributed by atoms with E-state index in [-0.39, 0.29) is 0 Å². The molecule has 0 unspecified atom stereocenters. The molecule has 2 fully saturated rings. The number of hydrogen-bond donors (Lipinski definition) is 0. The first kappa shape index (κ1) is 18.3. The van der Waals surface area contributed by atoms with Gasteiger partial charge in [-0.05, 0) is 38.8 Å². The molecule has 1 aliphatic heterocycles. The first-order chi connectivity index (χ1) is 11.0. The molecule has 0 amide bonds. The van der Waals surface area contributed by atoms with Crippen LogP contribution in [0.3, 0.4) is 0 Å². The molecule has 0 aromatic rings. The Hall–Kier alpha value is -0.0400. The Labute approximate surface area is 140 Å². The van der Waals surface area contributed by atoms with E-state index in [0.717, 1.165) is 6.04 Å². The molecule has 22 heavy (non-hydrogen) atoms. The lowest BCUT2D eigenvalue weighted by Crippen LogP contribution is -2.37. The fourth-order valence-corrected chi connectivity index (χ4v) is 4.50. The number of rotatable bonds is 1.